The Morgan fingerprint density at radius 2 is 1.85 bits per heavy atom. The molecule has 3 rings (SSSR count). The first kappa shape index (κ1) is 18.0. The molecule has 0 unspecified atom stereocenters. The van der Waals surface area contributed by atoms with E-state index in [9.17, 15) is 18.0 Å². The SMILES string of the molecule is [2H]c1cc(C(F)(F)F)ccc1-c1cc(Br)cc2cc(C(=O)NC(C)C)ccc12. The van der Waals surface area contributed by atoms with Crippen LogP contribution in [-0.4, -0.2) is 11.9 Å². The fourth-order valence-corrected chi connectivity index (χ4v) is 3.29. The molecule has 0 aromatic heterocycles. The van der Waals surface area contributed by atoms with Gasteiger partial charge in [-0.3, -0.25) is 4.79 Å². The van der Waals surface area contributed by atoms with Gasteiger partial charge in [0.05, 0.1) is 6.93 Å². The minimum Gasteiger partial charge on any atom is -0.350 e. The van der Waals surface area contributed by atoms with Gasteiger partial charge in [0.25, 0.3) is 5.91 Å². The van der Waals surface area contributed by atoms with E-state index in [1.165, 1.54) is 6.07 Å². The van der Waals surface area contributed by atoms with Crippen molar-refractivity contribution in [3.05, 3.63) is 70.2 Å². The maximum absolute atomic E-state index is 12.9. The minimum absolute atomic E-state index is 0.000660. The van der Waals surface area contributed by atoms with E-state index in [2.05, 4.69) is 21.2 Å². The van der Waals surface area contributed by atoms with Crippen LogP contribution in [0.4, 0.5) is 13.2 Å². The molecule has 0 aliphatic carbocycles. The number of nitrogens with one attached hydrogen (secondary N) is 1. The molecule has 0 saturated carbocycles. The van der Waals surface area contributed by atoms with Gasteiger partial charge in [0.2, 0.25) is 0 Å². The van der Waals surface area contributed by atoms with E-state index < -0.39 is 11.7 Å². The van der Waals surface area contributed by atoms with Crippen molar-refractivity contribution in [1.29, 1.82) is 0 Å². The maximum Gasteiger partial charge on any atom is 0.416 e. The topological polar surface area (TPSA) is 29.1 Å². The Hall–Kier alpha value is -2.34. The number of fused-ring (bicyclic) bond motifs is 1. The average Bonchev–Trinajstić information content (AvgIpc) is 2.59. The highest BCUT2D eigenvalue weighted by atomic mass is 79.9. The molecule has 2 nitrogen and oxygen atoms in total. The van der Waals surface area contributed by atoms with Gasteiger partial charge in [0.1, 0.15) is 0 Å². The highest BCUT2D eigenvalue weighted by Gasteiger charge is 2.30. The van der Waals surface area contributed by atoms with Crippen LogP contribution in [0.5, 0.6) is 0 Å². The average molecular weight is 437 g/mol. The lowest BCUT2D eigenvalue weighted by molar-refractivity contribution is -0.137. The smallest absolute Gasteiger partial charge is 0.350 e. The van der Waals surface area contributed by atoms with Crippen molar-refractivity contribution >= 4 is 32.6 Å². The van der Waals surface area contributed by atoms with E-state index in [1.54, 1.807) is 24.3 Å². The van der Waals surface area contributed by atoms with Crippen molar-refractivity contribution < 1.29 is 19.3 Å². The quantitative estimate of drug-likeness (QED) is 0.503. The Balaban J connectivity index is 2.13. The first-order valence-corrected chi connectivity index (χ1v) is 9.08. The molecule has 1 amide bonds. The molecule has 0 bridgehead atoms. The van der Waals surface area contributed by atoms with Gasteiger partial charge in [-0.25, -0.2) is 0 Å². The molecule has 0 radical (unpaired) electrons. The first-order valence-electron chi connectivity index (χ1n) is 8.78. The summed E-state index contributed by atoms with van der Waals surface area (Å²) in [6.45, 7) is 3.74. The molecule has 3 aromatic carbocycles. The number of carbonyl (C=O) groups is 1. The zero-order chi connectivity index (χ0) is 20.6. The number of halogens is 4. The van der Waals surface area contributed by atoms with Crippen molar-refractivity contribution in [3.63, 3.8) is 0 Å². The van der Waals surface area contributed by atoms with Gasteiger partial charge in [-0.2, -0.15) is 13.2 Å². The zero-order valence-electron chi connectivity index (χ0n) is 15.6. The fraction of sp³-hybridized carbons (Fsp3) is 0.190. The number of amides is 1. The van der Waals surface area contributed by atoms with E-state index in [1.807, 2.05) is 19.9 Å². The van der Waals surface area contributed by atoms with Crippen molar-refractivity contribution in [1.82, 2.24) is 5.32 Å². The van der Waals surface area contributed by atoms with Crippen LogP contribution in [0.1, 0.15) is 31.1 Å². The number of alkyl halides is 3. The van der Waals surface area contributed by atoms with Gasteiger partial charge < -0.3 is 5.32 Å². The predicted molar refractivity (Wildman–Crippen MR) is 105 cm³/mol. The van der Waals surface area contributed by atoms with Gasteiger partial charge in [0, 0.05) is 16.1 Å². The molecular formula is C21H17BrF3NO. The summed E-state index contributed by atoms with van der Waals surface area (Å²) in [6.07, 6.45) is -4.49. The Morgan fingerprint density at radius 3 is 2.48 bits per heavy atom. The third-order valence-corrected chi connectivity index (χ3v) is 4.49. The number of hydrogen-bond donors (Lipinski definition) is 1. The summed E-state index contributed by atoms with van der Waals surface area (Å²) in [6, 6.07) is 11.7. The van der Waals surface area contributed by atoms with Crippen molar-refractivity contribution in [2.45, 2.75) is 26.1 Å². The van der Waals surface area contributed by atoms with Crippen molar-refractivity contribution in [2.75, 3.05) is 0 Å². The first-order chi connectivity index (χ1) is 13.1. The van der Waals surface area contributed by atoms with Crippen molar-refractivity contribution in [2.24, 2.45) is 0 Å². The molecule has 0 fully saturated rings. The molecule has 0 aliphatic heterocycles. The van der Waals surface area contributed by atoms with E-state index in [-0.39, 0.29) is 18.0 Å². The second-order valence-corrected chi connectivity index (χ2v) is 7.42. The minimum atomic E-state index is -4.49. The van der Waals surface area contributed by atoms with E-state index in [0.29, 0.717) is 21.2 Å². The third-order valence-electron chi connectivity index (χ3n) is 4.03. The molecule has 0 atom stereocenters. The largest absolute Gasteiger partial charge is 0.416 e. The van der Waals surface area contributed by atoms with E-state index in [0.717, 1.165) is 22.9 Å². The Bertz CT molecular complexity index is 1060. The molecule has 140 valence electrons. The molecule has 27 heavy (non-hydrogen) atoms. The van der Waals surface area contributed by atoms with Gasteiger partial charge in [0.15, 0.2) is 0 Å². The van der Waals surface area contributed by atoms with Crippen LogP contribution in [0, 0.1) is 0 Å². The molecule has 1 N–H and O–H groups in total. The number of hydrogen-bond acceptors (Lipinski definition) is 1. The second kappa shape index (κ2) is 7.35. The lowest BCUT2D eigenvalue weighted by Crippen LogP contribution is -2.29. The summed E-state index contributed by atoms with van der Waals surface area (Å²) in [5.74, 6) is -0.200. The molecule has 6 heteroatoms. The van der Waals surface area contributed by atoms with Crippen LogP contribution in [0.15, 0.2) is 59.0 Å². The van der Waals surface area contributed by atoms with Crippen LogP contribution in [0.25, 0.3) is 21.9 Å². The van der Waals surface area contributed by atoms with Crippen molar-refractivity contribution in [3.8, 4) is 11.1 Å². The number of carbonyl (C=O) groups excluding carboxylic acids is 1. The monoisotopic (exact) mass is 436 g/mol. The number of rotatable bonds is 3. The summed E-state index contributed by atoms with van der Waals surface area (Å²) < 4.78 is 47.5. The molecule has 0 spiro atoms. The molecule has 0 aliphatic rings. The highest BCUT2D eigenvalue weighted by molar-refractivity contribution is 9.10. The van der Waals surface area contributed by atoms with Gasteiger partial charge in [-0.1, -0.05) is 34.1 Å². The summed E-state index contributed by atoms with van der Waals surface area (Å²) in [7, 11) is 0. The maximum atomic E-state index is 12.9. The normalized spacial score (nSPS) is 12.3. The predicted octanol–water partition coefficient (Wildman–Crippen LogP) is 6.43. The van der Waals surface area contributed by atoms with E-state index >= 15 is 0 Å². The molecular weight excluding hydrogens is 419 g/mol. The Morgan fingerprint density at radius 1 is 1.11 bits per heavy atom. The summed E-state index contributed by atoms with van der Waals surface area (Å²) >= 11 is 3.41. The van der Waals surface area contributed by atoms with Gasteiger partial charge >= 0.3 is 6.18 Å². The molecule has 3 aromatic rings. The summed E-state index contributed by atoms with van der Waals surface area (Å²) in [5, 5.41) is 4.32. The molecule has 0 heterocycles. The zero-order valence-corrected chi connectivity index (χ0v) is 16.2. The highest BCUT2D eigenvalue weighted by Crippen LogP contribution is 2.35. The summed E-state index contributed by atoms with van der Waals surface area (Å²) in [5.41, 5.74) is 0.648. The van der Waals surface area contributed by atoms with Crippen LogP contribution in [0.2, 0.25) is 0 Å². The fourth-order valence-electron chi connectivity index (χ4n) is 2.81. The number of benzene rings is 3. The van der Waals surface area contributed by atoms with Gasteiger partial charge in [-0.15, -0.1) is 0 Å². The van der Waals surface area contributed by atoms with Crippen LogP contribution in [-0.2, 0) is 6.18 Å². The Labute approximate surface area is 164 Å². The van der Waals surface area contributed by atoms with Crippen LogP contribution >= 0.6 is 15.9 Å². The van der Waals surface area contributed by atoms with Gasteiger partial charge in [-0.05, 0) is 72.1 Å². The Kier molecular flexibility index (Phi) is 4.91. The van der Waals surface area contributed by atoms with Crippen LogP contribution < -0.4 is 5.32 Å². The van der Waals surface area contributed by atoms with Crippen LogP contribution in [0.3, 0.4) is 0 Å². The van der Waals surface area contributed by atoms with E-state index in [4.69, 9.17) is 1.37 Å². The standard InChI is InChI=1S/C21H17BrF3NO/c1-12(2)26-20(27)14-5-8-18-15(9-14)10-17(22)11-19(18)13-3-6-16(7-4-13)21(23,24)25/h3-12H,1-2H3,(H,26,27)/i3D. The second-order valence-electron chi connectivity index (χ2n) is 6.51. The lowest BCUT2D eigenvalue weighted by Gasteiger charge is -2.13. The summed E-state index contributed by atoms with van der Waals surface area (Å²) in [4.78, 5) is 12.3. The molecule has 0 saturated heterocycles. The lowest BCUT2D eigenvalue weighted by atomic mass is 9.96. The third kappa shape index (κ3) is 4.33.